The molecule has 2 N–H and O–H groups in total. The van der Waals surface area contributed by atoms with Crippen molar-refractivity contribution in [3.63, 3.8) is 0 Å². The molecule has 3 heteroatoms. The lowest BCUT2D eigenvalue weighted by molar-refractivity contribution is 0.248. The molecule has 0 bridgehead atoms. The topological polar surface area (TPSA) is 40.7 Å². The van der Waals surface area contributed by atoms with Gasteiger partial charge in [0.15, 0.2) is 0 Å². The average Bonchev–Trinajstić information content (AvgIpc) is 2.90. The molecule has 0 aromatic carbocycles. The largest absolute Gasteiger partial charge is 0.306 e. The Labute approximate surface area is 104 Å². The summed E-state index contributed by atoms with van der Waals surface area (Å²) in [6.45, 7) is 4.52. The third-order valence-corrected chi connectivity index (χ3v) is 4.11. The molecular formula is C14H25N3. The highest BCUT2D eigenvalue weighted by atomic mass is 15.1. The Morgan fingerprint density at radius 1 is 1.41 bits per heavy atom. The molecule has 2 unspecified atom stereocenters. The first-order valence-electron chi connectivity index (χ1n) is 7.06. The maximum atomic E-state index is 4.02. The third-order valence-electron chi connectivity index (χ3n) is 4.11. The van der Waals surface area contributed by atoms with Gasteiger partial charge in [0, 0.05) is 18.3 Å². The zero-order valence-electron chi connectivity index (χ0n) is 11.1. The summed E-state index contributed by atoms with van der Waals surface area (Å²) in [5.74, 6) is 0.874. The number of H-pyrrole nitrogens is 1. The van der Waals surface area contributed by atoms with E-state index in [0.29, 0.717) is 12.1 Å². The van der Waals surface area contributed by atoms with Gasteiger partial charge in [-0.1, -0.05) is 26.2 Å². The maximum absolute atomic E-state index is 4.02. The molecule has 0 amide bonds. The summed E-state index contributed by atoms with van der Waals surface area (Å²) in [6.07, 6.45) is 10.1. The van der Waals surface area contributed by atoms with Crippen LogP contribution in [0.3, 0.4) is 0 Å². The normalized spacial score (nSPS) is 21.3. The molecule has 1 heterocycles. The fourth-order valence-electron chi connectivity index (χ4n) is 3.04. The van der Waals surface area contributed by atoms with Crippen LogP contribution >= 0.6 is 0 Å². The van der Waals surface area contributed by atoms with Crippen LogP contribution in [0.4, 0.5) is 0 Å². The van der Waals surface area contributed by atoms with E-state index in [4.69, 9.17) is 0 Å². The molecule has 1 aliphatic rings. The van der Waals surface area contributed by atoms with Crippen molar-refractivity contribution in [1.82, 2.24) is 15.5 Å². The Morgan fingerprint density at radius 3 is 2.76 bits per heavy atom. The smallest absolute Gasteiger partial charge is 0.0518 e. The molecule has 0 radical (unpaired) electrons. The number of nitrogens with one attached hydrogen (secondary N) is 2. The van der Waals surface area contributed by atoms with E-state index in [0.717, 1.165) is 5.92 Å². The fraction of sp³-hybridized carbons (Fsp3) is 0.786. The second kappa shape index (κ2) is 6.20. The lowest BCUT2D eigenvalue weighted by Gasteiger charge is -2.32. The highest BCUT2D eigenvalue weighted by molar-refractivity contribution is 5.03. The van der Waals surface area contributed by atoms with Gasteiger partial charge in [-0.05, 0) is 38.2 Å². The Morgan fingerprint density at radius 2 is 2.18 bits per heavy atom. The van der Waals surface area contributed by atoms with Crippen molar-refractivity contribution in [2.75, 3.05) is 0 Å². The van der Waals surface area contributed by atoms with Crippen molar-refractivity contribution in [3.05, 3.63) is 18.0 Å². The lowest BCUT2D eigenvalue weighted by Crippen LogP contribution is -2.38. The Hall–Kier alpha value is -0.830. The predicted octanol–water partition coefficient (Wildman–Crippen LogP) is 3.42. The third kappa shape index (κ3) is 3.32. The summed E-state index contributed by atoms with van der Waals surface area (Å²) in [4.78, 5) is 0. The molecule has 2 atom stereocenters. The highest BCUT2D eigenvalue weighted by Gasteiger charge is 2.23. The van der Waals surface area contributed by atoms with Crippen LogP contribution in [0, 0.1) is 5.92 Å². The highest BCUT2D eigenvalue weighted by Crippen LogP contribution is 2.28. The van der Waals surface area contributed by atoms with Gasteiger partial charge < -0.3 is 5.32 Å². The van der Waals surface area contributed by atoms with Gasteiger partial charge in [0.1, 0.15) is 0 Å². The molecule has 1 saturated carbocycles. The van der Waals surface area contributed by atoms with Crippen LogP contribution in [-0.2, 0) is 0 Å². The van der Waals surface area contributed by atoms with E-state index in [1.165, 1.54) is 44.2 Å². The predicted molar refractivity (Wildman–Crippen MR) is 70.8 cm³/mol. The molecule has 0 spiro atoms. The Balaban J connectivity index is 1.90. The summed E-state index contributed by atoms with van der Waals surface area (Å²) in [7, 11) is 0. The van der Waals surface area contributed by atoms with Crippen LogP contribution in [-0.4, -0.2) is 16.2 Å². The standard InChI is InChI=1S/C14H25N3/c1-3-13(12-7-5-4-6-8-12)16-11(2)14-9-10-15-17-14/h9-13,16H,3-8H2,1-2H3,(H,15,17). The van der Waals surface area contributed by atoms with Crippen molar-refractivity contribution in [3.8, 4) is 0 Å². The summed E-state index contributed by atoms with van der Waals surface area (Å²) in [5.41, 5.74) is 1.19. The van der Waals surface area contributed by atoms with Crippen molar-refractivity contribution < 1.29 is 0 Å². The molecule has 3 nitrogen and oxygen atoms in total. The maximum Gasteiger partial charge on any atom is 0.0518 e. The summed E-state index contributed by atoms with van der Waals surface area (Å²) < 4.78 is 0. The van der Waals surface area contributed by atoms with Crippen LogP contribution in [0.5, 0.6) is 0 Å². The zero-order chi connectivity index (χ0) is 12.1. The molecule has 96 valence electrons. The van der Waals surface area contributed by atoms with Gasteiger partial charge in [-0.15, -0.1) is 0 Å². The Kier molecular flexibility index (Phi) is 4.60. The SMILES string of the molecule is CCC(NC(C)c1ccn[nH]1)C1CCCCC1. The molecule has 1 aromatic heterocycles. The number of hydrogen-bond donors (Lipinski definition) is 2. The first-order valence-corrected chi connectivity index (χ1v) is 7.06. The van der Waals surface area contributed by atoms with Gasteiger partial charge in [-0.25, -0.2) is 0 Å². The van der Waals surface area contributed by atoms with Gasteiger partial charge >= 0.3 is 0 Å². The van der Waals surface area contributed by atoms with Crippen molar-refractivity contribution in [2.24, 2.45) is 5.92 Å². The van der Waals surface area contributed by atoms with Crippen molar-refractivity contribution >= 4 is 0 Å². The van der Waals surface area contributed by atoms with E-state index in [9.17, 15) is 0 Å². The lowest BCUT2D eigenvalue weighted by atomic mass is 9.82. The summed E-state index contributed by atoms with van der Waals surface area (Å²) >= 11 is 0. The monoisotopic (exact) mass is 235 g/mol. The van der Waals surface area contributed by atoms with E-state index in [1.54, 1.807) is 0 Å². The molecule has 17 heavy (non-hydrogen) atoms. The van der Waals surface area contributed by atoms with Gasteiger partial charge in [-0.2, -0.15) is 5.10 Å². The van der Waals surface area contributed by atoms with Crippen LogP contribution < -0.4 is 5.32 Å². The zero-order valence-corrected chi connectivity index (χ0v) is 11.1. The number of rotatable bonds is 5. The number of aromatic amines is 1. The molecular weight excluding hydrogens is 210 g/mol. The summed E-state index contributed by atoms with van der Waals surface area (Å²) in [5, 5.41) is 10.8. The number of hydrogen-bond acceptors (Lipinski definition) is 2. The second-order valence-electron chi connectivity index (χ2n) is 5.31. The molecule has 0 aliphatic heterocycles. The van der Waals surface area contributed by atoms with Gasteiger partial charge in [0.25, 0.3) is 0 Å². The van der Waals surface area contributed by atoms with E-state index >= 15 is 0 Å². The first-order chi connectivity index (χ1) is 8.31. The average molecular weight is 235 g/mol. The molecule has 2 rings (SSSR count). The van der Waals surface area contributed by atoms with E-state index < -0.39 is 0 Å². The summed E-state index contributed by atoms with van der Waals surface area (Å²) in [6, 6.07) is 3.10. The van der Waals surface area contributed by atoms with Crippen LogP contribution in [0.2, 0.25) is 0 Å². The minimum Gasteiger partial charge on any atom is -0.306 e. The second-order valence-corrected chi connectivity index (χ2v) is 5.31. The minimum absolute atomic E-state index is 0.379. The van der Waals surface area contributed by atoms with Gasteiger partial charge in [0.05, 0.1) is 5.69 Å². The number of nitrogens with zero attached hydrogens (tertiary/aromatic N) is 1. The van der Waals surface area contributed by atoms with Gasteiger partial charge in [-0.3, -0.25) is 5.10 Å². The van der Waals surface area contributed by atoms with E-state index in [2.05, 4.69) is 35.4 Å². The van der Waals surface area contributed by atoms with E-state index in [1.807, 2.05) is 6.20 Å². The first kappa shape index (κ1) is 12.6. The number of aromatic nitrogens is 2. The molecule has 1 aliphatic carbocycles. The Bertz CT molecular complexity index is 301. The van der Waals surface area contributed by atoms with Gasteiger partial charge in [0.2, 0.25) is 0 Å². The van der Waals surface area contributed by atoms with Crippen molar-refractivity contribution in [2.45, 2.75) is 64.5 Å². The quantitative estimate of drug-likeness (QED) is 0.821. The minimum atomic E-state index is 0.379. The van der Waals surface area contributed by atoms with Crippen LogP contribution in [0.25, 0.3) is 0 Å². The van der Waals surface area contributed by atoms with E-state index in [-0.39, 0.29) is 0 Å². The van der Waals surface area contributed by atoms with Crippen LogP contribution in [0.1, 0.15) is 64.1 Å². The molecule has 1 fully saturated rings. The van der Waals surface area contributed by atoms with Crippen molar-refractivity contribution in [1.29, 1.82) is 0 Å². The fourth-order valence-corrected chi connectivity index (χ4v) is 3.04. The molecule has 1 aromatic rings. The van der Waals surface area contributed by atoms with Crippen LogP contribution in [0.15, 0.2) is 12.3 Å². The molecule has 0 saturated heterocycles.